The van der Waals surface area contributed by atoms with Gasteiger partial charge < -0.3 is 5.32 Å². The molecule has 0 saturated heterocycles. The molecule has 0 saturated carbocycles. The predicted molar refractivity (Wildman–Crippen MR) is 91.0 cm³/mol. The van der Waals surface area contributed by atoms with Crippen LogP contribution in [0.15, 0.2) is 40.8 Å². The Morgan fingerprint density at radius 2 is 2.17 bits per heavy atom. The molecule has 0 aliphatic carbocycles. The van der Waals surface area contributed by atoms with E-state index in [2.05, 4.69) is 15.8 Å². The van der Waals surface area contributed by atoms with Gasteiger partial charge in [-0.1, -0.05) is 12.1 Å². The smallest absolute Gasteiger partial charge is 0.280 e. The second-order valence-electron chi connectivity index (χ2n) is 4.88. The van der Waals surface area contributed by atoms with Crippen LogP contribution < -0.4 is 10.7 Å². The van der Waals surface area contributed by atoms with E-state index in [1.807, 2.05) is 31.2 Å². The van der Waals surface area contributed by atoms with Crippen molar-refractivity contribution in [3.05, 3.63) is 56.3 Å². The van der Waals surface area contributed by atoms with Crippen LogP contribution in [-0.2, 0) is 4.79 Å². The molecule has 1 amide bonds. The van der Waals surface area contributed by atoms with Crippen LogP contribution in [0.2, 0.25) is 0 Å². The molecular weight excluding hydrogens is 316 g/mol. The molecule has 1 aromatic heterocycles. The van der Waals surface area contributed by atoms with Gasteiger partial charge in [-0.25, -0.2) is 5.43 Å². The Morgan fingerprint density at radius 1 is 1.39 bits per heavy atom. The summed E-state index contributed by atoms with van der Waals surface area (Å²) >= 11 is 1.21. The van der Waals surface area contributed by atoms with Gasteiger partial charge in [-0.15, -0.1) is 11.3 Å². The van der Waals surface area contributed by atoms with Crippen molar-refractivity contribution in [3.63, 3.8) is 0 Å². The maximum Gasteiger partial charge on any atom is 0.280 e. The van der Waals surface area contributed by atoms with Crippen molar-refractivity contribution >= 4 is 34.3 Å². The van der Waals surface area contributed by atoms with Crippen LogP contribution in [0.25, 0.3) is 0 Å². The molecule has 120 valence electrons. The van der Waals surface area contributed by atoms with Gasteiger partial charge in [-0.2, -0.15) is 5.10 Å². The molecule has 0 aliphatic rings. The molecule has 8 heteroatoms. The van der Waals surface area contributed by atoms with Gasteiger partial charge in [-0.05, 0) is 31.5 Å². The highest BCUT2D eigenvalue weighted by Crippen LogP contribution is 2.21. The Balaban J connectivity index is 1.88. The number of thiophene rings is 1. The van der Waals surface area contributed by atoms with Gasteiger partial charge in [-0.3, -0.25) is 14.9 Å². The summed E-state index contributed by atoms with van der Waals surface area (Å²) < 4.78 is 0. The lowest BCUT2D eigenvalue weighted by atomic mass is 10.2. The van der Waals surface area contributed by atoms with Crippen LogP contribution in [0, 0.1) is 17.0 Å². The monoisotopic (exact) mass is 332 g/mol. The molecule has 23 heavy (non-hydrogen) atoms. The summed E-state index contributed by atoms with van der Waals surface area (Å²) in [6.07, 6.45) is 0. The van der Waals surface area contributed by atoms with E-state index in [4.69, 9.17) is 0 Å². The van der Waals surface area contributed by atoms with Crippen LogP contribution in [0.1, 0.15) is 17.4 Å². The zero-order valence-electron chi connectivity index (χ0n) is 12.7. The quantitative estimate of drug-likeness (QED) is 0.483. The number of carbonyl (C=O) groups excluding carboxylic acids is 1. The SMILES string of the molecule is C/C(=N/NC(=O)CNc1cccc(C)c1)c1cc([N+](=O)[O-])cs1. The lowest BCUT2D eigenvalue weighted by Gasteiger charge is -2.06. The molecule has 2 rings (SSSR count). The minimum absolute atomic E-state index is 0.0204. The summed E-state index contributed by atoms with van der Waals surface area (Å²) in [4.78, 5) is 22.6. The van der Waals surface area contributed by atoms with Crippen molar-refractivity contribution in [2.45, 2.75) is 13.8 Å². The summed E-state index contributed by atoms with van der Waals surface area (Å²) in [6, 6.07) is 9.12. The Kier molecular flexibility index (Phi) is 5.42. The first-order valence-electron chi connectivity index (χ1n) is 6.82. The third-order valence-electron chi connectivity index (χ3n) is 2.97. The van der Waals surface area contributed by atoms with Crippen molar-refractivity contribution in [1.82, 2.24) is 5.43 Å². The van der Waals surface area contributed by atoms with E-state index in [0.717, 1.165) is 11.3 Å². The van der Waals surface area contributed by atoms with Gasteiger partial charge in [0.1, 0.15) is 0 Å². The first kappa shape index (κ1) is 16.6. The topological polar surface area (TPSA) is 96.6 Å². The van der Waals surface area contributed by atoms with Crippen molar-refractivity contribution < 1.29 is 9.72 Å². The molecule has 0 fully saturated rings. The minimum atomic E-state index is -0.461. The Bertz CT molecular complexity index is 755. The summed E-state index contributed by atoms with van der Waals surface area (Å²) in [6.45, 7) is 3.74. The van der Waals surface area contributed by atoms with Crippen molar-refractivity contribution in [2.75, 3.05) is 11.9 Å². The molecule has 0 radical (unpaired) electrons. The lowest BCUT2D eigenvalue weighted by Crippen LogP contribution is -2.26. The number of benzene rings is 1. The second-order valence-corrected chi connectivity index (χ2v) is 5.79. The highest BCUT2D eigenvalue weighted by molar-refractivity contribution is 7.12. The largest absolute Gasteiger partial charge is 0.376 e. The Labute approximate surface area is 137 Å². The molecule has 2 aromatic rings. The number of nitrogens with zero attached hydrogens (tertiary/aromatic N) is 2. The molecule has 7 nitrogen and oxygen atoms in total. The third-order valence-corrected chi connectivity index (χ3v) is 4.00. The molecule has 0 aliphatic heterocycles. The number of hydrazone groups is 1. The summed E-state index contributed by atoms with van der Waals surface area (Å²) in [5.41, 5.74) is 4.93. The Hall–Kier alpha value is -2.74. The molecular formula is C15H16N4O3S. The van der Waals surface area contributed by atoms with Crippen LogP contribution in [0.3, 0.4) is 0 Å². The highest BCUT2D eigenvalue weighted by atomic mass is 32.1. The standard InChI is InChI=1S/C15H16N4O3S/c1-10-4-3-5-12(6-10)16-8-15(20)18-17-11(2)14-7-13(9-23-14)19(21)22/h3-7,9,16H,8H2,1-2H3,(H,18,20)/b17-11-. The average molecular weight is 332 g/mol. The number of hydrogen-bond donors (Lipinski definition) is 2. The Morgan fingerprint density at radius 3 is 2.83 bits per heavy atom. The summed E-state index contributed by atoms with van der Waals surface area (Å²) in [5, 5.41) is 19.0. The van der Waals surface area contributed by atoms with Crippen LogP contribution in [0.5, 0.6) is 0 Å². The number of aryl methyl sites for hydroxylation is 1. The summed E-state index contributed by atoms with van der Waals surface area (Å²) in [5.74, 6) is -0.295. The van der Waals surface area contributed by atoms with E-state index < -0.39 is 4.92 Å². The molecule has 1 aromatic carbocycles. The van der Waals surface area contributed by atoms with Crippen LogP contribution in [0.4, 0.5) is 11.4 Å². The number of hydrogen-bond acceptors (Lipinski definition) is 6. The second kappa shape index (κ2) is 7.50. The molecule has 2 N–H and O–H groups in total. The normalized spacial score (nSPS) is 11.1. The minimum Gasteiger partial charge on any atom is -0.376 e. The van der Waals surface area contributed by atoms with Crippen LogP contribution >= 0.6 is 11.3 Å². The highest BCUT2D eigenvalue weighted by Gasteiger charge is 2.11. The zero-order valence-corrected chi connectivity index (χ0v) is 13.5. The van der Waals surface area contributed by atoms with E-state index in [1.165, 1.54) is 22.8 Å². The summed E-state index contributed by atoms with van der Waals surface area (Å²) in [7, 11) is 0. The average Bonchev–Trinajstić information content (AvgIpc) is 3.01. The molecule has 1 heterocycles. The van der Waals surface area contributed by atoms with E-state index in [1.54, 1.807) is 6.92 Å². The number of anilines is 1. The molecule has 0 spiro atoms. The fraction of sp³-hybridized carbons (Fsp3) is 0.200. The lowest BCUT2D eigenvalue weighted by molar-refractivity contribution is -0.384. The zero-order chi connectivity index (χ0) is 16.8. The van der Waals surface area contributed by atoms with Gasteiger partial charge in [0.2, 0.25) is 0 Å². The van der Waals surface area contributed by atoms with E-state index >= 15 is 0 Å². The number of rotatable bonds is 6. The van der Waals surface area contributed by atoms with Gasteiger partial charge in [0.05, 0.1) is 27.4 Å². The maximum atomic E-state index is 11.8. The van der Waals surface area contributed by atoms with E-state index in [9.17, 15) is 14.9 Å². The molecule has 0 bridgehead atoms. The maximum absolute atomic E-state index is 11.8. The van der Waals surface area contributed by atoms with E-state index in [-0.39, 0.29) is 18.1 Å². The van der Waals surface area contributed by atoms with Crippen molar-refractivity contribution in [3.8, 4) is 0 Å². The number of amides is 1. The van der Waals surface area contributed by atoms with Gasteiger partial charge in [0, 0.05) is 11.8 Å². The third kappa shape index (κ3) is 4.89. The first-order valence-corrected chi connectivity index (χ1v) is 7.70. The first-order chi connectivity index (χ1) is 11.0. The number of nitro groups is 1. The number of carbonyl (C=O) groups is 1. The van der Waals surface area contributed by atoms with E-state index in [0.29, 0.717) is 10.6 Å². The predicted octanol–water partition coefficient (Wildman–Crippen LogP) is 2.92. The fourth-order valence-electron chi connectivity index (χ4n) is 1.79. The van der Waals surface area contributed by atoms with Crippen molar-refractivity contribution in [2.24, 2.45) is 5.10 Å². The fourth-order valence-corrected chi connectivity index (χ4v) is 2.60. The van der Waals surface area contributed by atoms with Crippen molar-refractivity contribution in [1.29, 1.82) is 0 Å². The number of nitrogens with one attached hydrogen (secondary N) is 2. The molecule has 0 atom stereocenters. The van der Waals surface area contributed by atoms with Gasteiger partial charge >= 0.3 is 0 Å². The van der Waals surface area contributed by atoms with Gasteiger partial charge in [0.25, 0.3) is 11.6 Å². The molecule has 0 unspecified atom stereocenters. The van der Waals surface area contributed by atoms with Crippen LogP contribution in [-0.4, -0.2) is 23.1 Å². The van der Waals surface area contributed by atoms with Gasteiger partial charge in [0.15, 0.2) is 0 Å².